The highest BCUT2D eigenvalue weighted by Crippen LogP contribution is 2.25. The van der Waals surface area contributed by atoms with Crippen LogP contribution in [0.3, 0.4) is 0 Å². The molecule has 0 radical (unpaired) electrons. The molecule has 0 spiro atoms. The van der Waals surface area contributed by atoms with E-state index in [1.165, 1.54) is 0 Å². The molecule has 0 saturated carbocycles. The summed E-state index contributed by atoms with van der Waals surface area (Å²) in [5.74, 6) is 0.809. The van der Waals surface area contributed by atoms with E-state index >= 15 is 0 Å². The predicted molar refractivity (Wildman–Crippen MR) is 78.6 cm³/mol. The summed E-state index contributed by atoms with van der Waals surface area (Å²) in [6, 6.07) is 0.256. The number of nitrogens with one attached hydrogen (secondary N) is 2. The molecule has 1 aliphatic rings. The van der Waals surface area contributed by atoms with Gasteiger partial charge in [-0.3, -0.25) is 0 Å². The van der Waals surface area contributed by atoms with Crippen molar-refractivity contribution < 1.29 is 14.6 Å². The van der Waals surface area contributed by atoms with E-state index in [0.29, 0.717) is 38.0 Å². The average Bonchev–Trinajstić information content (AvgIpc) is 2.47. The van der Waals surface area contributed by atoms with Gasteiger partial charge in [0.05, 0.1) is 18.2 Å². The molecule has 118 valence electrons. The zero-order valence-electron chi connectivity index (χ0n) is 12.7. The summed E-state index contributed by atoms with van der Waals surface area (Å²) in [7, 11) is 1.73. The van der Waals surface area contributed by atoms with Gasteiger partial charge in [0.2, 0.25) is 11.9 Å². The number of aliphatic hydroxyl groups excluding tert-OH is 1. The van der Waals surface area contributed by atoms with Gasteiger partial charge in [-0.1, -0.05) is 0 Å². The first kappa shape index (κ1) is 15.7. The molecule has 8 nitrogen and oxygen atoms in total. The highest BCUT2D eigenvalue weighted by atomic mass is 16.5. The largest absolute Gasteiger partial charge is 0.461 e. The van der Waals surface area contributed by atoms with Crippen LogP contribution in [0.1, 0.15) is 26.7 Å². The SMILES string of the molecule is CNc1nc(NC2(CO)CCOCC2)nc(OC(C)C)n1. The Morgan fingerprint density at radius 1 is 1.24 bits per heavy atom. The number of hydrogen-bond acceptors (Lipinski definition) is 8. The van der Waals surface area contributed by atoms with Gasteiger partial charge in [0.1, 0.15) is 0 Å². The lowest BCUT2D eigenvalue weighted by atomic mass is 9.91. The van der Waals surface area contributed by atoms with Crippen molar-refractivity contribution in [3.05, 3.63) is 0 Å². The Hall–Kier alpha value is -1.67. The van der Waals surface area contributed by atoms with E-state index in [1.54, 1.807) is 7.05 Å². The van der Waals surface area contributed by atoms with Crippen molar-refractivity contribution in [3.8, 4) is 6.01 Å². The number of hydrogen-bond donors (Lipinski definition) is 3. The van der Waals surface area contributed by atoms with Crippen LogP contribution in [-0.2, 0) is 4.74 Å². The van der Waals surface area contributed by atoms with Gasteiger partial charge in [-0.05, 0) is 26.7 Å². The summed E-state index contributed by atoms with van der Waals surface area (Å²) in [6.07, 6.45) is 1.37. The Morgan fingerprint density at radius 2 is 1.90 bits per heavy atom. The molecule has 0 unspecified atom stereocenters. The number of aliphatic hydroxyl groups is 1. The first-order valence-electron chi connectivity index (χ1n) is 7.14. The van der Waals surface area contributed by atoms with Crippen molar-refractivity contribution in [3.63, 3.8) is 0 Å². The van der Waals surface area contributed by atoms with Gasteiger partial charge in [-0.25, -0.2) is 0 Å². The second-order valence-corrected chi connectivity index (χ2v) is 5.36. The van der Waals surface area contributed by atoms with E-state index in [2.05, 4.69) is 25.6 Å². The highest BCUT2D eigenvalue weighted by molar-refractivity contribution is 5.38. The maximum atomic E-state index is 9.71. The number of anilines is 2. The number of aromatic nitrogens is 3. The molecule has 21 heavy (non-hydrogen) atoms. The van der Waals surface area contributed by atoms with Gasteiger partial charge in [0.15, 0.2) is 0 Å². The predicted octanol–water partition coefficient (Wildman–Crippen LogP) is 0.654. The monoisotopic (exact) mass is 297 g/mol. The zero-order valence-corrected chi connectivity index (χ0v) is 12.7. The lowest BCUT2D eigenvalue weighted by molar-refractivity contribution is 0.0376. The molecule has 8 heteroatoms. The minimum atomic E-state index is -0.459. The average molecular weight is 297 g/mol. The first-order chi connectivity index (χ1) is 10.1. The van der Waals surface area contributed by atoms with Gasteiger partial charge >= 0.3 is 6.01 Å². The third-order valence-electron chi connectivity index (χ3n) is 3.31. The van der Waals surface area contributed by atoms with E-state index in [0.717, 1.165) is 0 Å². The fraction of sp³-hybridized carbons (Fsp3) is 0.769. The standard InChI is InChI=1S/C13H23N5O3/c1-9(2)21-12-16-10(14-3)15-11(17-12)18-13(8-19)4-6-20-7-5-13/h9,19H,4-8H2,1-3H3,(H2,14,15,16,17,18). The Kier molecular flexibility index (Phi) is 5.13. The molecular formula is C13H23N5O3. The Balaban J connectivity index is 2.21. The summed E-state index contributed by atoms with van der Waals surface area (Å²) >= 11 is 0. The molecule has 0 aliphatic carbocycles. The molecular weight excluding hydrogens is 274 g/mol. The van der Waals surface area contributed by atoms with Gasteiger partial charge in [0.25, 0.3) is 0 Å². The molecule has 1 aromatic rings. The summed E-state index contributed by atoms with van der Waals surface area (Å²) in [6.45, 7) is 5.02. The summed E-state index contributed by atoms with van der Waals surface area (Å²) in [5.41, 5.74) is -0.459. The first-order valence-corrected chi connectivity index (χ1v) is 7.14. The topological polar surface area (TPSA) is 101 Å². The number of ether oxygens (including phenoxy) is 2. The fourth-order valence-corrected chi connectivity index (χ4v) is 2.11. The smallest absolute Gasteiger partial charge is 0.323 e. The third kappa shape index (κ3) is 4.15. The summed E-state index contributed by atoms with van der Waals surface area (Å²) < 4.78 is 10.9. The van der Waals surface area contributed by atoms with Crippen LogP contribution in [0.2, 0.25) is 0 Å². The molecule has 0 bridgehead atoms. The molecule has 1 aromatic heterocycles. The van der Waals surface area contributed by atoms with Crippen LogP contribution in [0, 0.1) is 0 Å². The molecule has 3 N–H and O–H groups in total. The second-order valence-electron chi connectivity index (χ2n) is 5.36. The van der Waals surface area contributed by atoms with Crippen molar-refractivity contribution in [2.45, 2.75) is 38.3 Å². The summed E-state index contributed by atoms with van der Waals surface area (Å²) in [5, 5.41) is 15.8. The van der Waals surface area contributed by atoms with Crippen molar-refractivity contribution in [2.75, 3.05) is 37.5 Å². The van der Waals surface area contributed by atoms with E-state index in [9.17, 15) is 5.11 Å². The molecule has 2 rings (SSSR count). The molecule has 1 saturated heterocycles. The van der Waals surface area contributed by atoms with Crippen LogP contribution < -0.4 is 15.4 Å². The van der Waals surface area contributed by atoms with Gasteiger partial charge in [0, 0.05) is 20.3 Å². The van der Waals surface area contributed by atoms with Gasteiger partial charge in [-0.15, -0.1) is 0 Å². The molecule has 0 aromatic carbocycles. The number of nitrogens with zero attached hydrogens (tertiary/aromatic N) is 3. The molecule has 1 aliphatic heterocycles. The lowest BCUT2D eigenvalue weighted by Crippen LogP contribution is -2.47. The van der Waals surface area contributed by atoms with Crippen LogP contribution in [0.25, 0.3) is 0 Å². The third-order valence-corrected chi connectivity index (χ3v) is 3.31. The van der Waals surface area contributed by atoms with Crippen LogP contribution in [0.5, 0.6) is 6.01 Å². The van der Waals surface area contributed by atoms with Crippen LogP contribution in [0.15, 0.2) is 0 Å². The van der Waals surface area contributed by atoms with Crippen LogP contribution >= 0.6 is 0 Å². The normalized spacial score (nSPS) is 17.6. The zero-order chi connectivity index (χ0) is 15.3. The fourth-order valence-electron chi connectivity index (χ4n) is 2.11. The Morgan fingerprint density at radius 3 is 2.48 bits per heavy atom. The van der Waals surface area contributed by atoms with Crippen molar-refractivity contribution in [2.24, 2.45) is 0 Å². The van der Waals surface area contributed by atoms with E-state index in [1.807, 2.05) is 13.8 Å². The van der Waals surface area contributed by atoms with E-state index < -0.39 is 5.54 Å². The Labute approximate surface area is 124 Å². The molecule has 1 fully saturated rings. The van der Waals surface area contributed by atoms with Crippen LogP contribution in [0.4, 0.5) is 11.9 Å². The summed E-state index contributed by atoms with van der Waals surface area (Å²) in [4.78, 5) is 12.7. The maximum Gasteiger partial charge on any atom is 0.323 e. The van der Waals surface area contributed by atoms with Crippen LogP contribution in [-0.4, -0.2) is 58.6 Å². The van der Waals surface area contributed by atoms with Gasteiger partial charge in [-0.2, -0.15) is 15.0 Å². The van der Waals surface area contributed by atoms with Crippen molar-refractivity contribution in [1.82, 2.24) is 15.0 Å². The highest BCUT2D eigenvalue weighted by Gasteiger charge is 2.33. The lowest BCUT2D eigenvalue weighted by Gasteiger charge is -2.36. The quantitative estimate of drug-likeness (QED) is 0.703. The second kappa shape index (κ2) is 6.86. The molecule has 0 atom stereocenters. The minimum Gasteiger partial charge on any atom is -0.461 e. The van der Waals surface area contributed by atoms with E-state index in [4.69, 9.17) is 9.47 Å². The van der Waals surface area contributed by atoms with Gasteiger partial charge < -0.3 is 25.2 Å². The number of rotatable bonds is 6. The minimum absolute atomic E-state index is 0.00268. The maximum absolute atomic E-state index is 9.71. The molecule has 0 amide bonds. The Bertz CT molecular complexity index is 463. The van der Waals surface area contributed by atoms with Crippen molar-refractivity contribution in [1.29, 1.82) is 0 Å². The molecule has 2 heterocycles. The van der Waals surface area contributed by atoms with E-state index in [-0.39, 0.29) is 18.7 Å². The van der Waals surface area contributed by atoms with Crippen molar-refractivity contribution >= 4 is 11.9 Å².